The number of carbonyl (C=O) groups excluding carboxylic acids is 2. The summed E-state index contributed by atoms with van der Waals surface area (Å²) in [6.45, 7) is -0.147. The van der Waals surface area contributed by atoms with Crippen molar-refractivity contribution in [2.24, 2.45) is 0 Å². The third kappa shape index (κ3) is 3.17. The van der Waals surface area contributed by atoms with Gasteiger partial charge in [0.25, 0.3) is 11.1 Å². The van der Waals surface area contributed by atoms with Crippen LogP contribution in [-0.4, -0.2) is 16.0 Å². The van der Waals surface area contributed by atoms with E-state index < -0.39 is 22.8 Å². The van der Waals surface area contributed by atoms with Crippen molar-refractivity contribution in [2.45, 2.75) is 6.54 Å². The maximum absolute atomic E-state index is 13.7. The molecule has 1 aliphatic heterocycles. The highest BCUT2D eigenvalue weighted by Crippen LogP contribution is 2.33. The Kier molecular flexibility index (Phi) is 4.25. The lowest BCUT2D eigenvalue weighted by Gasteiger charge is -2.12. The Morgan fingerprint density at radius 1 is 0.957 bits per heavy atom. The number of hydrogen-bond donors (Lipinski definition) is 0. The van der Waals surface area contributed by atoms with Gasteiger partial charge in [0.05, 0.1) is 11.4 Å². The van der Waals surface area contributed by atoms with Crippen LogP contribution in [0.1, 0.15) is 11.1 Å². The molecule has 3 nitrogen and oxygen atoms in total. The van der Waals surface area contributed by atoms with E-state index in [0.717, 1.165) is 16.7 Å². The summed E-state index contributed by atoms with van der Waals surface area (Å²) in [4.78, 5) is 25.4. The summed E-state index contributed by atoms with van der Waals surface area (Å²) in [6.07, 6.45) is 1.33. The first-order valence-corrected chi connectivity index (χ1v) is 7.61. The van der Waals surface area contributed by atoms with Crippen LogP contribution in [-0.2, 0) is 11.3 Å². The summed E-state index contributed by atoms with van der Waals surface area (Å²) in [5.41, 5.74) is 0.478. The lowest BCUT2D eigenvalue weighted by atomic mass is 10.2. The van der Waals surface area contributed by atoms with Crippen LogP contribution in [0.4, 0.5) is 13.6 Å². The minimum atomic E-state index is -0.550. The fraction of sp³-hybridized carbons (Fsp3) is 0.0588. The highest BCUT2D eigenvalue weighted by molar-refractivity contribution is 8.18. The normalized spacial score (nSPS) is 16.4. The second-order valence-electron chi connectivity index (χ2n) is 4.88. The largest absolute Gasteiger partial charge is 0.293 e. The van der Waals surface area contributed by atoms with Crippen molar-refractivity contribution in [1.82, 2.24) is 4.90 Å². The number of rotatable bonds is 3. The first kappa shape index (κ1) is 15.4. The van der Waals surface area contributed by atoms with Gasteiger partial charge >= 0.3 is 0 Å². The van der Waals surface area contributed by atoms with Gasteiger partial charge in [0.15, 0.2) is 0 Å². The number of carbonyl (C=O) groups is 2. The van der Waals surface area contributed by atoms with Crippen molar-refractivity contribution in [3.63, 3.8) is 0 Å². The number of imide groups is 1. The van der Waals surface area contributed by atoms with Crippen molar-refractivity contribution < 1.29 is 18.4 Å². The smallest absolute Gasteiger partial charge is 0.268 e. The zero-order valence-corrected chi connectivity index (χ0v) is 12.6. The molecule has 0 aromatic heterocycles. The summed E-state index contributed by atoms with van der Waals surface area (Å²) in [5, 5.41) is -0.499. The molecule has 2 amide bonds. The van der Waals surface area contributed by atoms with Crippen LogP contribution in [0.5, 0.6) is 0 Å². The maximum Gasteiger partial charge on any atom is 0.293 e. The number of benzene rings is 2. The Morgan fingerprint density at radius 3 is 2.30 bits per heavy atom. The second-order valence-corrected chi connectivity index (χ2v) is 5.87. The third-order valence-electron chi connectivity index (χ3n) is 3.35. The number of halogens is 2. The van der Waals surface area contributed by atoms with Crippen LogP contribution in [0.25, 0.3) is 6.08 Å². The van der Waals surface area contributed by atoms with E-state index in [9.17, 15) is 18.4 Å². The summed E-state index contributed by atoms with van der Waals surface area (Å²) in [5.74, 6) is -1.51. The van der Waals surface area contributed by atoms with E-state index in [2.05, 4.69) is 0 Å². The molecule has 1 heterocycles. The van der Waals surface area contributed by atoms with Gasteiger partial charge in [-0.2, -0.15) is 0 Å². The Morgan fingerprint density at radius 2 is 1.61 bits per heavy atom. The molecular formula is C17H11F2NO2S. The van der Waals surface area contributed by atoms with Gasteiger partial charge in [0.2, 0.25) is 0 Å². The van der Waals surface area contributed by atoms with Gasteiger partial charge in [0.1, 0.15) is 11.6 Å². The molecular weight excluding hydrogens is 320 g/mol. The van der Waals surface area contributed by atoms with Gasteiger partial charge in [-0.25, -0.2) is 8.78 Å². The maximum atomic E-state index is 13.7. The van der Waals surface area contributed by atoms with Crippen molar-refractivity contribution in [3.8, 4) is 0 Å². The minimum absolute atomic E-state index is 0.122. The third-order valence-corrected chi connectivity index (χ3v) is 4.26. The summed E-state index contributed by atoms with van der Waals surface area (Å²) >= 11 is 0.720. The van der Waals surface area contributed by atoms with E-state index in [1.54, 1.807) is 12.1 Å². The molecule has 1 aliphatic rings. The van der Waals surface area contributed by atoms with Crippen molar-refractivity contribution in [1.29, 1.82) is 0 Å². The molecule has 6 heteroatoms. The Hall–Kier alpha value is -2.47. The number of nitrogens with zero attached hydrogens (tertiary/aromatic N) is 1. The van der Waals surface area contributed by atoms with Crippen LogP contribution >= 0.6 is 11.8 Å². The molecule has 23 heavy (non-hydrogen) atoms. The molecule has 1 fully saturated rings. The first-order chi connectivity index (χ1) is 11.1. The number of hydrogen-bond acceptors (Lipinski definition) is 3. The predicted octanol–water partition coefficient (Wildman–Crippen LogP) is 4.20. The minimum Gasteiger partial charge on any atom is -0.268 e. The van der Waals surface area contributed by atoms with Crippen LogP contribution < -0.4 is 0 Å². The first-order valence-electron chi connectivity index (χ1n) is 6.79. The van der Waals surface area contributed by atoms with Crippen molar-refractivity contribution >= 4 is 29.0 Å². The van der Waals surface area contributed by atoms with Gasteiger partial charge in [-0.15, -0.1) is 0 Å². The van der Waals surface area contributed by atoms with Crippen LogP contribution in [0.15, 0.2) is 53.4 Å². The lowest BCUT2D eigenvalue weighted by Crippen LogP contribution is -2.27. The molecule has 0 saturated carbocycles. The van der Waals surface area contributed by atoms with Crippen LogP contribution in [0.2, 0.25) is 0 Å². The summed E-state index contributed by atoms with van der Waals surface area (Å²) in [6, 6.07) is 11.9. The molecule has 0 aliphatic carbocycles. The quantitative estimate of drug-likeness (QED) is 0.791. The molecule has 0 radical (unpaired) electrons. The molecule has 3 rings (SSSR count). The van der Waals surface area contributed by atoms with E-state index in [0.29, 0.717) is 0 Å². The highest BCUT2D eigenvalue weighted by Gasteiger charge is 2.35. The molecule has 0 atom stereocenters. The SMILES string of the molecule is O=C1S/C(=C/c2ccccc2F)C(=O)N1Cc1ccccc1F. The van der Waals surface area contributed by atoms with Gasteiger partial charge < -0.3 is 0 Å². The van der Waals surface area contributed by atoms with E-state index in [-0.39, 0.29) is 22.6 Å². The van der Waals surface area contributed by atoms with Gasteiger partial charge in [-0.3, -0.25) is 14.5 Å². The fourth-order valence-corrected chi connectivity index (χ4v) is 3.00. The molecule has 0 bridgehead atoms. The number of thioether (sulfide) groups is 1. The molecule has 2 aromatic carbocycles. The Bertz CT molecular complexity index is 820. The lowest BCUT2D eigenvalue weighted by molar-refractivity contribution is -0.123. The highest BCUT2D eigenvalue weighted by atomic mass is 32.2. The molecule has 2 aromatic rings. The monoisotopic (exact) mass is 331 g/mol. The molecule has 116 valence electrons. The van der Waals surface area contributed by atoms with Crippen LogP contribution in [0, 0.1) is 11.6 Å². The van der Waals surface area contributed by atoms with Crippen LogP contribution in [0.3, 0.4) is 0 Å². The van der Waals surface area contributed by atoms with E-state index >= 15 is 0 Å². The van der Waals surface area contributed by atoms with E-state index in [1.807, 2.05) is 0 Å². The zero-order chi connectivity index (χ0) is 16.4. The van der Waals surface area contributed by atoms with Gasteiger partial charge in [0, 0.05) is 11.1 Å². The average molecular weight is 331 g/mol. The predicted molar refractivity (Wildman–Crippen MR) is 84.3 cm³/mol. The Balaban J connectivity index is 1.86. The Labute approximate surface area is 135 Å². The topological polar surface area (TPSA) is 37.4 Å². The number of amides is 2. The summed E-state index contributed by atoms with van der Waals surface area (Å²) in [7, 11) is 0. The van der Waals surface area contributed by atoms with Gasteiger partial charge in [-0.05, 0) is 30.0 Å². The molecule has 1 saturated heterocycles. The molecule has 0 spiro atoms. The standard InChI is InChI=1S/C17H11F2NO2S/c18-13-7-3-1-5-11(13)9-15-16(21)20(17(22)23-15)10-12-6-2-4-8-14(12)19/h1-9H,10H2/b15-9+. The van der Waals surface area contributed by atoms with E-state index in [1.165, 1.54) is 42.5 Å². The summed E-state index contributed by atoms with van der Waals surface area (Å²) < 4.78 is 27.3. The van der Waals surface area contributed by atoms with Crippen molar-refractivity contribution in [3.05, 3.63) is 76.2 Å². The average Bonchev–Trinajstić information content (AvgIpc) is 2.79. The zero-order valence-electron chi connectivity index (χ0n) is 11.8. The fourth-order valence-electron chi connectivity index (χ4n) is 2.17. The molecule has 0 unspecified atom stereocenters. The molecule has 0 N–H and O–H groups in total. The van der Waals surface area contributed by atoms with Crippen molar-refractivity contribution in [2.75, 3.05) is 0 Å². The van der Waals surface area contributed by atoms with Gasteiger partial charge in [-0.1, -0.05) is 36.4 Å². The second kappa shape index (κ2) is 6.34. The van der Waals surface area contributed by atoms with E-state index in [4.69, 9.17) is 0 Å².